The van der Waals surface area contributed by atoms with Crippen LogP contribution in [-0.4, -0.2) is 51.3 Å². The number of halogens is 1. The molecule has 1 aromatic heterocycles. The van der Waals surface area contributed by atoms with Gasteiger partial charge in [0.1, 0.15) is 5.82 Å². The fourth-order valence-corrected chi connectivity index (χ4v) is 4.50. The van der Waals surface area contributed by atoms with E-state index in [-0.39, 0.29) is 24.0 Å². The van der Waals surface area contributed by atoms with Crippen LogP contribution in [0.2, 0.25) is 0 Å². The Morgan fingerprint density at radius 1 is 1.17 bits per heavy atom. The summed E-state index contributed by atoms with van der Waals surface area (Å²) < 4.78 is 5.34. The summed E-state index contributed by atoms with van der Waals surface area (Å²) in [5, 5.41) is 7.04. The van der Waals surface area contributed by atoms with Crippen molar-refractivity contribution in [1.82, 2.24) is 15.6 Å². The van der Waals surface area contributed by atoms with Crippen LogP contribution in [0.15, 0.2) is 23.3 Å². The molecule has 2 fully saturated rings. The molecule has 2 N–H and O–H groups in total. The summed E-state index contributed by atoms with van der Waals surface area (Å²) in [6.07, 6.45) is 12.1. The standard InChI is InChI=1S/C22H37N5O.HI/c1-23-21(26-18-22(11-15-28-2)9-4-5-10-22)25-17-19-8-12-24-20(16-19)27-13-6-3-7-14-27;/h8,12,16H,3-7,9-11,13-15,17-18H2,1-2H3,(H2,23,25,26);1H. The second-order valence-electron chi connectivity index (χ2n) is 8.30. The maximum Gasteiger partial charge on any atom is 0.191 e. The summed E-state index contributed by atoms with van der Waals surface area (Å²) >= 11 is 0. The molecule has 1 saturated carbocycles. The molecule has 0 atom stereocenters. The zero-order valence-corrected chi connectivity index (χ0v) is 20.4. The van der Waals surface area contributed by atoms with Gasteiger partial charge in [-0.15, -0.1) is 24.0 Å². The van der Waals surface area contributed by atoms with Crippen LogP contribution in [0.4, 0.5) is 5.82 Å². The van der Waals surface area contributed by atoms with Crippen molar-refractivity contribution < 1.29 is 4.74 Å². The molecule has 0 aromatic carbocycles. The Bertz CT molecular complexity index is 627. The van der Waals surface area contributed by atoms with Crippen LogP contribution < -0.4 is 15.5 Å². The first-order valence-corrected chi connectivity index (χ1v) is 10.9. The molecule has 1 saturated heterocycles. The quantitative estimate of drug-likeness (QED) is 0.312. The molecule has 0 spiro atoms. The lowest BCUT2D eigenvalue weighted by atomic mass is 9.83. The topological polar surface area (TPSA) is 61.8 Å². The van der Waals surface area contributed by atoms with Gasteiger partial charge < -0.3 is 20.3 Å². The molecule has 0 amide bonds. The van der Waals surface area contributed by atoms with Crippen molar-refractivity contribution in [3.05, 3.63) is 23.9 Å². The second kappa shape index (κ2) is 12.6. The highest BCUT2D eigenvalue weighted by Crippen LogP contribution is 2.40. The lowest BCUT2D eigenvalue weighted by Gasteiger charge is -2.30. The average molecular weight is 515 g/mol. The summed E-state index contributed by atoms with van der Waals surface area (Å²) in [6, 6.07) is 4.30. The van der Waals surface area contributed by atoms with Crippen molar-refractivity contribution >= 4 is 35.8 Å². The molecule has 1 aliphatic carbocycles. The van der Waals surface area contributed by atoms with E-state index in [1.165, 1.54) is 50.5 Å². The minimum Gasteiger partial charge on any atom is -0.385 e. The van der Waals surface area contributed by atoms with Gasteiger partial charge in [-0.3, -0.25) is 4.99 Å². The highest BCUT2D eigenvalue weighted by Gasteiger charge is 2.33. The van der Waals surface area contributed by atoms with Gasteiger partial charge in [0.05, 0.1) is 0 Å². The average Bonchev–Trinajstić information content (AvgIpc) is 3.22. The monoisotopic (exact) mass is 515 g/mol. The molecular formula is C22H38IN5O. The lowest BCUT2D eigenvalue weighted by Crippen LogP contribution is -2.43. The van der Waals surface area contributed by atoms with Gasteiger partial charge in [-0.1, -0.05) is 12.8 Å². The van der Waals surface area contributed by atoms with E-state index < -0.39 is 0 Å². The molecule has 0 unspecified atom stereocenters. The summed E-state index contributed by atoms with van der Waals surface area (Å²) in [5.41, 5.74) is 1.60. The van der Waals surface area contributed by atoms with Crippen LogP contribution in [-0.2, 0) is 11.3 Å². The van der Waals surface area contributed by atoms with Gasteiger partial charge in [0.15, 0.2) is 5.96 Å². The van der Waals surface area contributed by atoms with Crippen LogP contribution in [0, 0.1) is 5.41 Å². The van der Waals surface area contributed by atoms with Crippen molar-refractivity contribution in [2.45, 2.75) is 57.9 Å². The SMILES string of the molecule is CN=C(NCc1ccnc(N2CCCCC2)c1)NCC1(CCOC)CCCC1.I. The van der Waals surface area contributed by atoms with E-state index in [1.54, 1.807) is 7.11 Å². The first-order chi connectivity index (χ1) is 13.7. The van der Waals surface area contributed by atoms with Crippen LogP contribution in [0.5, 0.6) is 0 Å². The summed E-state index contributed by atoms with van der Waals surface area (Å²) in [5.74, 6) is 1.98. The largest absolute Gasteiger partial charge is 0.385 e. The lowest BCUT2D eigenvalue weighted by molar-refractivity contribution is 0.138. The maximum absolute atomic E-state index is 5.34. The second-order valence-corrected chi connectivity index (χ2v) is 8.30. The molecule has 3 rings (SSSR count). The molecule has 1 aromatic rings. The Hall–Kier alpha value is -1.09. The highest BCUT2D eigenvalue weighted by atomic mass is 127. The number of pyridine rings is 1. The number of hydrogen-bond donors (Lipinski definition) is 2. The molecule has 6 nitrogen and oxygen atoms in total. The van der Waals surface area contributed by atoms with E-state index >= 15 is 0 Å². The Morgan fingerprint density at radius 3 is 2.62 bits per heavy atom. The van der Waals surface area contributed by atoms with Crippen LogP contribution in [0.25, 0.3) is 0 Å². The van der Waals surface area contributed by atoms with Crippen LogP contribution in [0.3, 0.4) is 0 Å². The molecule has 0 radical (unpaired) electrons. The third-order valence-corrected chi connectivity index (χ3v) is 6.31. The molecule has 0 bridgehead atoms. The van der Waals surface area contributed by atoms with Crippen LogP contribution in [0.1, 0.15) is 56.9 Å². The zero-order valence-electron chi connectivity index (χ0n) is 18.1. The van der Waals surface area contributed by atoms with Crippen molar-refractivity contribution in [3.8, 4) is 0 Å². The molecule has 29 heavy (non-hydrogen) atoms. The Balaban J connectivity index is 0.00000300. The predicted molar refractivity (Wildman–Crippen MR) is 131 cm³/mol. The van der Waals surface area contributed by atoms with Crippen molar-refractivity contribution in [1.29, 1.82) is 0 Å². The number of nitrogens with zero attached hydrogens (tertiary/aromatic N) is 3. The fraction of sp³-hybridized carbons (Fsp3) is 0.727. The van der Waals surface area contributed by atoms with E-state index in [0.717, 1.165) is 51.0 Å². The molecule has 7 heteroatoms. The number of ether oxygens (including phenoxy) is 1. The van der Waals surface area contributed by atoms with Gasteiger partial charge in [0.2, 0.25) is 0 Å². The summed E-state index contributed by atoms with van der Waals surface area (Å²) in [6.45, 7) is 4.80. The first kappa shape index (κ1) is 24.2. The van der Waals surface area contributed by atoms with E-state index in [4.69, 9.17) is 4.74 Å². The molecule has 1 aliphatic heterocycles. The van der Waals surface area contributed by atoms with Gasteiger partial charge in [-0.25, -0.2) is 4.98 Å². The number of guanidine groups is 1. The van der Waals surface area contributed by atoms with Crippen LogP contribution >= 0.6 is 24.0 Å². The number of aromatic nitrogens is 1. The summed E-state index contributed by atoms with van der Waals surface area (Å²) in [7, 11) is 3.64. The molecule has 2 heterocycles. The van der Waals surface area contributed by atoms with Crippen molar-refractivity contribution in [2.24, 2.45) is 10.4 Å². The van der Waals surface area contributed by atoms with Gasteiger partial charge in [-0.2, -0.15) is 0 Å². The number of hydrogen-bond acceptors (Lipinski definition) is 4. The minimum atomic E-state index is 0. The first-order valence-electron chi connectivity index (χ1n) is 10.9. The van der Waals surface area contributed by atoms with E-state index in [1.807, 2.05) is 13.2 Å². The van der Waals surface area contributed by atoms with Gasteiger partial charge >= 0.3 is 0 Å². The number of rotatable bonds is 8. The fourth-order valence-electron chi connectivity index (χ4n) is 4.50. The maximum atomic E-state index is 5.34. The molecule has 164 valence electrons. The Labute approximate surface area is 193 Å². The number of aliphatic imine (C=N–C) groups is 1. The number of methoxy groups -OCH3 is 1. The van der Waals surface area contributed by atoms with E-state index in [0.29, 0.717) is 5.41 Å². The number of nitrogens with one attached hydrogen (secondary N) is 2. The predicted octanol–water partition coefficient (Wildman–Crippen LogP) is 3.95. The van der Waals surface area contributed by atoms with Crippen molar-refractivity contribution in [2.75, 3.05) is 45.3 Å². The third kappa shape index (κ3) is 7.27. The van der Waals surface area contributed by atoms with E-state index in [2.05, 4.69) is 37.6 Å². The Kier molecular flexibility index (Phi) is 10.5. The Morgan fingerprint density at radius 2 is 1.93 bits per heavy atom. The normalized spacial score (nSPS) is 19.0. The van der Waals surface area contributed by atoms with Gasteiger partial charge in [-0.05, 0) is 61.6 Å². The summed E-state index contributed by atoms with van der Waals surface area (Å²) in [4.78, 5) is 11.4. The van der Waals surface area contributed by atoms with Gasteiger partial charge in [0, 0.05) is 53.1 Å². The zero-order chi connectivity index (χ0) is 19.7. The molecular weight excluding hydrogens is 477 g/mol. The highest BCUT2D eigenvalue weighted by molar-refractivity contribution is 14.0. The number of piperidine rings is 1. The minimum absolute atomic E-state index is 0. The van der Waals surface area contributed by atoms with Gasteiger partial charge in [0.25, 0.3) is 0 Å². The smallest absolute Gasteiger partial charge is 0.191 e. The van der Waals surface area contributed by atoms with Crippen molar-refractivity contribution in [3.63, 3.8) is 0 Å². The molecule has 2 aliphatic rings. The number of anilines is 1. The third-order valence-electron chi connectivity index (χ3n) is 6.31. The van der Waals surface area contributed by atoms with E-state index in [9.17, 15) is 0 Å².